The van der Waals surface area contributed by atoms with Crippen molar-refractivity contribution >= 4 is 5.69 Å². The van der Waals surface area contributed by atoms with Crippen LogP contribution in [0.4, 0.5) is 5.69 Å². The molecule has 0 saturated carbocycles. The van der Waals surface area contributed by atoms with Gasteiger partial charge in [-0.2, -0.15) is 0 Å². The molecule has 0 saturated heterocycles. The van der Waals surface area contributed by atoms with E-state index in [2.05, 4.69) is 47.5 Å². The summed E-state index contributed by atoms with van der Waals surface area (Å²) in [6.07, 6.45) is 0. The summed E-state index contributed by atoms with van der Waals surface area (Å²) >= 11 is 0. The molecule has 0 amide bonds. The van der Waals surface area contributed by atoms with Crippen LogP contribution in [0.25, 0.3) is 0 Å². The Bertz CT molecular complexity index is 569. The SMILES string of the molecule is CCN(Cc1ccccc1)c1ccc(C(C)NC)c(O)c1. The molecule has 0 aliphatic carbocycles. The third kappa shape index (κ3) is 3.76. The molecule has 0 spiro atoms. The van der Waals surface area contributed by atoms with E-state index in [4.69, 9.17) is 0 Å². The van der Waals surface area contributed by atoms with Crippen molar-refractivity contribution in [1.29, 1.82) is 0 Å². The van der Waals surface area contributed by atoms with Crippen LogP contribution in [0.15, 0.2) is 48.5 Å². The molecular weight excluding hydrogens is 260 g/mol. The minimum atomic E-state index is 0.142. The second-order valence-corrected chi connectivity index (χ2v) is 5.25. The molecule has 1 atom stereocenters. The average Bonchev–Trinajstić information content (AvgIpc) is 2.52. The van der Waals surface area contributed by atoms with Crippen LogP contribution in [0.1, 0.15) is 31.0 Å². The zero-order valence-corrected chi connectivity index (χ0v) is 13.0. The topological polar surface area (TPSA) is 35.5 Å². The molecule has 3 nitrogen and oxygen atoms in total. The second kappa shape index (κ2) is 7.14. The predicted octanol–water partition coefficient (Wildman–Crippen LogP) is 3.70. The standard InChI is InChI=1S/C18H24N2O/c1-4-20(13-15-8-6-5-7-9-15)16-10-11-17(14(2)19-3)18(21)12-16/h5-12,14,19,21H,4,13H2,1-3H3. The van der Waals surface area contributed by atoms with Gasteiger partial charge in [-0.3, -0.25) is 0 Å². The first-order chi connectivity index (χ1) is 10.2. The summed E-state index contributed by atoms with van der Waals surface area (Å²) in [6.45, 7) is 5.91. The van der Waals surface area contributed by atoms with Crippen molar-refractivity contribution in [3.8, 4) is 5.75 Å². The largest absolute Gasteiger partial charge is 0.508 e. The molecule has 112 valence electrons. The molecule has 2 aromatic rings. The van der Waals surface area contributed by atoms with Crippen molar-refractivity contribution in [2.45, 2.75) is 26.4 Å². The lowest BCUT2D eigenvalue weighted by Gasteiger charge is -2.24. The Morgan fingerprint density at radius 3 is 2.43 bits per heavy atom. The van der Waals surface area contributed by atoms with E-state index >= 15 is 0 Å². The minimum absolute atomic E-state index is 0.142. The first-order valence-corrected chi connectivity index (χ1v) is 7.44. The number of hydrogen-bond acceptors (Lipinski definition) is 3. The average molecular weight is 284 g/mol. The number of rotatable bonds is 6. The molecule has 2 rings (SSSR count). The highest BCUT2D eigenvalue weighted by molar-refractivity contribution is 5.54. The third-order valence-electron chi connectivity index (χ3n) is 3.88. The van der Waals surface area contributed by atoms with Gasteiger partial charge in [0.25, 0.3) is 0 Å². The Labute approximate surface area is 127 Å². The zero-order chi connectivity index (χ0) is 15.2. The van der Waals surface area contributed by atoms with Gasteiger partial charge in [-0.15, -0.1) is 0 Å². The number of nitrogens with zero attached hydrogens (tertiary/aromatic N) is 1. The maximum absolute atomic E-state index is 10.2. The van der Waals surface area contributed by atoms with Crippen LogP contribution >= 0.6 is 0 Å². The highest BCUT2D eigenvalue weighted by atomic mass is 16.3. The van der Waals surface area contributed by atoms with Crippen molar-refractivity contribution in [2.24, 2.45) is 0 Å². The summed E-state index contributed by atoms with van der Waals surface area (Å²) in [5.41, 5.74) is 3.24. The van der Waals surface area contributed by atoms with Gasteiger partial charge in [0.1, 0.15) is 5.75 Å². The maximum atomic E-state index is 10.2. The molecule has 0 radical (unpaired) electrons. The number of benzene rings is 2. The number of anilines is 1. The fourth-order valence-corrected chi connectivity index (χ4v) is 2.44. The summed E-state index contributed by atoms with van der Waals surface area (Å²) in [6, 6.07) is 16.5. The molecule has 21 heavy (non-hydrogen) atoms. The molecular formula is C18H24N2O. The van der Waals surface area contributed by atoms with Crippen LogP contribution in [0.5, 0.6) is 5.75 Å². The van der Waals surface area contributed by atoms with E-state index in [-0.39, 0.29) is 6.04 Å². The van der Waals surface area contributed by atoms with Gasteiger partial charge >= 0.3 is 0 Å². The highest BCUT2D eigenvalue weighted by Gasteiger charge is 2.12. The van der Waals surface area contributed by atoms with Gasteiger partial charge in [-0.25, -0.2) is 0 Å². The quantitative estimate of drug-likeness (QED) is 0.849. The summed E-state index contributed by atoms with van der Waals surface area (Å²) in [5, 5.41) is 13.4. The van der Waals surface area contributed by atoms with E-state index in [9.17, 15) is 5.11 Å². The van der Waals surface area contributed by atoms with E-state index in [1.165, 1.54) is 5.56 Å². The zero-order valence-electron chi connectivity index (χ0n) is 13.0. The highest BCUT2D eigenvalue weighted by Crippen LogP contribution is 2.29. The first kappa shape index (κ1) is 15.4. The summed E-state index contributed by atoms with van der Waals surface area (Å²) in [4.78, 5) is 2.25. The molecule has 0 bridgehead atoms. The molecule has 1 unspecified atom stereocenters. The predicted molar refractivity (Wildman–Crippen MR) is 88.7 cm³/mol. The summed E-state index contributed by atoms with van der Waals surface area (Å²) < 4.78 is 0. The van der Waals surface area contributed by atoms with Gasteiger partial charge in [-0.05, 0) is 32.5 Å². The van der Waals surface area contributed by atoms with Gasteiger partial charge < -0.3 is 15.3 Å². The third-order valence-corrected chi connectivity index (χ3v) is 3.88. The van der Waals surface area contributed by atoms with Crippen LogP contribution in [-0.4, -0.2) is 18.7 Å². The van der Waals surface area contributed by atoms with Gasteiger partial charge in [0.15, 0.2) is 0 Å². The molecule has 0 fully saturated rings. The maximum Gasteiger partial charge on any atom is 0.122 e. The number of hydrogen-bond donors (Lipinski definition) is 2. The normalized spacial score (nSPS) is 12.1. The number of nitrogens with one attached hydrogen (secondary N) is 1. The lowest BCUT2D eigenvalue weighted by atomic mass is 10.1. The van der Waals surface area contributed by atoms with Gasteiger partial charge in [-0.1, -0.05) is 36.4 Å². The fraction of sp³-hybridized carbons (Fsp3) is 0.333. The first-order valence-electron chi connectivity index (χ1n) is 7.44. The van der Waals surface area contributed by atoms with Crippen molar-refractivity contribution in [1.82, 2.24) is 5.32 Å². The second-order valence-electron chi connectivity index (χ2n) is 5.25. The smallest absolute Gasteiger partial charge is 0.122 e. The minimum Gasteiger partial charge on any atom is -0.508 e. The van der Waals surface area contributed by atoms with Crippen LogP contribution < -0.4 is 10.2 Å². The van der Waals surface area contributed by atoms with Gasteiger partial charge in [0.2, 0.25) is 0 Å². The van der Waals surface area contributed by atoms with Gasteiger partial charge in [0.05, 0.1) is 0 Å². The summed E-state index contributed by atoms with van der Waals surface area (Å²) in [5.74, 6) is 0.348. The lowest BCUT2D eigenvalue weighted by molar-refractivity contribution is 0.458. The van der Waals surface area contributed by atoms with E-state index < -0.39 is 0 Å². The molecule has 0 aliphatic rings. The van der Waals surface area contributed by atoms with Crippen LogP contribution in [0.3, 0.4) is 0 Å². The fourth-order valence-electron chi connectivity index (χ4n) is 2.44. The monoisotopic (exact) mass is 284 g/mol. The molecule has 2 N–H and O–H groups in total. The Hall–Kier alpha value is -2.00. The molecule has 0 aliphatic heterocycles. The molecule has 0 heterocycles. The number of aromatic hydroxyl groups is 1. The van der Waals surface area contributed by atoms with Crippen molar-refractivity contribution in [3.63, 3.8) is 0 Å². The lowest BCUT2D eigenvalue weighted by Crippen LogP contribution is -2.22. The Kier molecular flexibility index (Phi) is 5.23. The van der Waals surface area contributed by atoms with Gasteiger partial charge in [0, 0.05) is 36.4 Å². The van der Waals surface area contributed by atoms with E-state index in [0.29, 0.717) is 5.75 Å². The van der Waals surface area contributed by atoms with Crippen molar-refractivity contribution < 1.29 is 5.11 Å². The molecule has 3 heteroatoms. The Morgan fingerprint density at radius 1 is 1.14 bits per heavy atom. The van der Waals surface area contributed by atoms with Crippen LogP contribution in [-0.2, 0) is 6.54 Å². The Balaban J connectivity index is 2.21. The van der Waals surface area contributed by atoms with Crippen molar-refractivity contribution in [2.75, 3.05) is 18.5 Å². The van der Waals surface area contributed by atoms with Crippen LogP contribution in [0.2, 0.25) is 0 Å². The molecule has 0 aromatic heterocycles. The van der Waals surface area contributed by atoms with Crippen molar-refractivity contribution in [3.05, 3.63) is 59.7 Å². The Morgan fingerprint density at radius 2 is 1.86 bits per heavy atom. The summed E-state index contributed by atoms with van der Waals surface area (Å²) in [7, 11) is 1.89. The molecule has 2 aromatic carbocycles. The van der Waals surface area contributed by atoms with E-state index in [1.54, 1.807) is 0 Å². The van der Waals surface area contributed by atoms with E-state index in [0.717, 1.165) is 24.3 Å². The number of phenols is 1. The van der Waals surface area contributed by atoms with E-state index in [1.807, 2.05) is 32.2 Å². The number of phenolic OH excluding ortho intramolecular Hbond substituents is 1. The van der Waals surface area contributed by atoms with Crippen LogP contribution in [0, 0.1) is 0 Å².